The number of fused-ring (bicyclic) bond motifs is 12. The average Bonchev–Trinajstić information content (AvgIpc) is 3.70. The van der Waals surface area contributed by atoms with Crippen LogP contribution in [0.1, 0.15) is 0 Å². The van der Waals surface area contributed by atoms with E-state index in [-0.39, 0.29) is 0 Å². The Morgan fingerprint density at radius 3 is 0.731 bits per heavy atom. The van der Waals surface area contributed by atoms with Crippen LogP contribution in [0.4, 0.5) is 0 Å². The van der Waals surface area contributed by atoms with Crippen LogP contribution in [0.2, 0.25) is 0 Å². The third-order valence-corrected chi connectivity index (χ3v) is 17.3. The first-order valence-corrected chi connectivity index (χ1v) is 27.0. The number of benzene rings is 16. The maximum atomic E-state index is 7.73. The summed E-state index contributed by atoms with van der Waals surface area (Å²) in [7, 11) is 0. The molecule has 0 radical (unpaired) electrons. The molecule has 2 nitrogen and oxygen atoms in total. The standard InChI is InChI=1S/C76H42O2/c1-5-21-47-43(17-1)37-61(55-29-13-9-25-51(47)55)65-41-67(63-39-45-19-3-7-23-49(45)53-27-11-15-31-57(53)63)75-71-59(65)33-35-69-73(71)74-70(77-75)36-34-60-66(62-38-44-18-2-6-22-48(44)52-26-10-14-30-56(52)62)42-68(76(78-69)72(60)74)64-40-46-20-4-8-24-50(46)54-28-12-16-32-58(54)64/h1-42H. The highest BCUT2D eigenvalue weighted by Gasteiger charge is 2.31. The van der Waals surface area contributed by atoms with Crippen molar-refractivity contribution in [1.29, 1.82) is 0 Å². The summed E-state index contributed by atoms with van der Waals surface area (Å²) >= 11 is 0. The zero-order chi connectivity index (χ0) is 50.7. The number of hydrogen-bond acceptors (Lipinski definition) is 2. The lowest BCUT2D eigenvalue weighted by Gasteiger charge is -2.25. The fourth-order valence-electron chi connectivity index (χ4n) is 14.0. The highest BCUT2D eigenvalue weighted by Crippen LogP contribution is 2.56. The van der Waals surface area contributed by atoms with Gasteiger partial charge in [0.1, 0.15) is 22.3 Å². The van der Waals surface area contributed by atoms with Crippen LogP contribution in [0.5, 0.6) is 0 Å². The Balaban J connectivity index is 1.05. The second kappa shape index (κ2) is 15.6. The van der Waals surface area contributed by atoms with E-state index < -0.39 is 0 Å². The van der Waals surface area contributed by atoms with Crippen molar-refractivity contribution in [3.63, 3.8) is 0 Å². The quantitative estimate of drug-likeness (QED) is 0.130. The van der Waals surface area contributed by atoms with Gasteiger partial charge in [-0.3, -0.25) is 0 Å². The van der Waals surface area contributed by atoms with Gasteiger partial charge >= 0.3 is 0 Å². The average molecular weight is 987 g/mol. The third-order valence-electron chi connectivity index (χ3n) is 17.3. The Kier molecular flexibility index (Phi) is 8.42. The lowest BCUT2D eigenvalue weighted by molar-refractivity contribution is 0.648. The van der Waals surface area contributed by atoms with E-state index in [2.05, 4.69) is 255 Å². The predicted octanol–water partition coefficient (Wildman–Crippen LogP) is 21.9. The molecule has 0 aromatic heterocycles. The second-order valence-corrected chi connectivity index (χ2v) is 21.3. The van der Waals surface area contributed by atoms with Crippen LogP contribution < -0.4 is 0 Å². The minimum absolute atomic E-state index is 0.818. The Hall–Kier alpha value is -10.3. The fraction of sp³-hybridized carbons (Fsp3) is 0. The van der Waals surface area contributed by atoms with Gasteiger partial charge in [-0.25, -0.2) is 0 Å². The summed E-state index contributed by atoms with van der Waals surface area (Å²) < 4.78 is 15.5. The number of hydrogen-bond donors (Lipinski definition) is 0. The molecule has 0 fully saturated rings. The van der Waals surface area contributed by atoms with Crippen LogP contribution in [0.3, 0.4) is 0 Å². The summed E-state index contributed by atoms with van der Waals surface area (Å²) in [4.78, 5) is 0. The molecule has 2 aliphatic rings. The van der Waals surface area contributed by atoms with Gasteiger partial charge in [0.25, 0.3) is 0 Å². The monoisotopic (exact) mass is 986 g/mol. The minimum Gasteiger partial charge on any atom is -0.455 e. The molecule has 2 heteroatoms. The maximum absolute atomic E-state index is 7.73. The summed E-state index contributed by atoms with van der Waals surface area (Å²) in [5.74, 6) is 0. The van der Waals surface area contributed by atoms with Gasteiger partial charge in [0.15, 0.2) is 0 Å². The van der Waals surface area contributed by atoms with Gasteiger partial charge < -0.3 is 8.83 Å². The molecule has 0 saturated carbocycles. The van der Waals surface area contributed by atoms with E-state index in [0.717, 1.165) is 88.4 Å². The molecule has 0 aliphatic carbocycles. The first kappa shape index (κ1) is 42.0. The van der Waals surface area contributed by atoms with Crippen molar-refractivity contribution in [3.05, 3.63) is 255 Å². The van der Waals surface area contributed by atoms with E-state index in [0.29, 0.717) is 0 Å². The van der Waals surface area contributed by atoms with Gasteiger partial charge in [0.2, 0.25) is 0 Å². The van der Waals surface area contributed by atoms with E-state index in [1.54, 1.807) is 0 Å². The van der Waals surface area contributed by atoms with Crippen molar-refractivity contribution in [3.8, 4) is 55.6 Å². The van der Waals surface area contributed by atoms with Gasteiger partial charge in [-0.1, -0.05) is 194 Å². The lowest BCUT2D eigenvalue weighted by atomic mass is 9.81. The third kappa shape index (κ3) is 5.70. The topological polar surface area (TPSA) is 26.3 Å². The van der Waals surface area contributed by atoms with Gasteiger partial charge in [0.05, 0.1) is 0 Å². The molecule has 16 aromatic carbocycles. The summed E-state index contributed by atoms with van der Waals surface area (Å²) in [5.41, 5.74) is 14.4. The van der Waals surface area contributed by atoms with E-state index in [9.17, 15) is 0 Å². The molecule has 0 unspecified atom stereocenters. The van der Waals surface area contributed by atoms with Crippen LogP contribution in [0.25, 0.3) is 186 Å². The molecule has 78 heavy (non-hydrogen) atoms. The molecular weight excluding hydrogens is 945 g/mol. The predicted molar refractivity (Wildman–Crippen MR) is 331 cm³/mol. The smallest absolute Gasteiger partial charge is 0.143 e. The first-order chi connectivity index (χ1) is 38.7. The van der Waals surface area contributed by atoms with Crippen LogP contribution in [-0.4, -0.2) is 0 Å². The molecule has 18 rings (SSSR count). The highest BCUT2D eigenvalue weighted by molar-refractivity contribution is 6.32. The van der Waals surface area contributed by atoms with Crippen molar-refractivity contribution in [1.82, 2.24) is 0 Å². The van der Waals surface area contributed by atoms with Crippen molar-refractivity contribution in [2.75, 3.05) is 0 Å². The largest absolute Gasteiger partial charge is 0.455 e. The molecule has 0 spiro atoms. The fourth-order valence-corrected chi connectivity index (χ4v) is 14.0. The van der Waals surface area contributed by atoms with Crippen LogP contribution in [0, 0.1) is 0 Å². The second-order valence-electron chi connectivity index (χ2n) is 21.3. The Morgan fingerprint density at radius 2 is 0.423 bits per heavy atom. The molecule has 0 bridgehead atoms. The van der Waals surface area contributed by atoms with E-state index >= 15 is 0 Å². The van der Waals surface area contributed by atoms with Crippen molar-refractivity contribution < 1.29 is 8.83 Å². The lowest BCUT2D eigenvalue weighted by Crippen LogP contribution is -1.99. The van der Waals surface area contributed by atoms with E-state index in [4.69, 9.17) is 8.83 Å². The molecule has 2 aliphatic heterocycles. The molecule has 0 N–H and O–H groups in total. The van der Waals surface area contributed by atoms with Crippen LogP contribution in [0.15, 0.2) is 264 Å². The van der Waals surface area contributed by atoms with E-state index in [1.807, 2.05) is 0 Å². The van der Waals surface area contributed by atoms with Gasteiger partial charge in [-0.05, 0) is 191 Å². The van der Waals surface area contributed by atoms with Crippen molar-refractivity contribution in [2.45, 2.75) is 0 Å². The van der Waals surface area contributed by atoms with Crippen molar-refractivity contribution >= 4 is 130 Å². The summed E-state index contributed by atoms with van der Waals surface area (Å²) in [6, 6.07) is 94.1. The molecular formula is C76H42O2. The van der Waals surface area contributed by atoms with Gasteiger partial charge in [-0.15, -0.1) is 0 Å². The molecule has 358 valence electrons. The van der Waals surface area contributed by atoms with Crippen LogP contribution >= 0.6 is 0 Å². The van der Waals surface area contributed by atoms with E-state index in [1.165, 1.54) is 97.3 Å². The summed E-state index contributed by atoms with van der Waals surface area (Å²) in [5, 5.41) is 23.7. The normalized spacial score (nSPS) is 12.4. The minimum atomic E-state index is 0.818. The summed E-state index contributed by atoms with van der Waals surface area (Å²) in [6.45, 7) is 0. The SMILES string of the molecule is c1ccc2c(c1)cc(-c1cc(-c3cc4ccccc4c4ccccc34)c3oc4ccc5c(-c6cc7ccccc7c7ccccc67)cc(-c6cc7ccccc7c7ccccc67)c6oc7ccc1c3c7-c4c56)c1ccccc12. The Morgan fingerprint density at radius 1 is 0.179 bits per heavy atom. The molecule has 0 saturated heterocycles. The van der Waals surface area contributed by atoms with Gasteiger partial charge in [-0.2, -0.15) is 0 Å². The molecule has 0 amide bonds. The van der Waals surface area contributed by atoms with Crippen LogP contribution in [-0.2, 0) is 0 Å². The summed E-state index contributed by atoms with van der Waals surface area (Å²) in [6.07, 6.45) is 0. The first-order valence-electron chi connectivity index (χ1n) is 27.0. The molecule has 16 aromatic rings. The van der Waals surface area contributed by atoms with Gasteiger partial charge in [0, 0.05) is 33.0 Å². The van der Waals surface area contributed by atoms with Crippen molar-refractivity contribution in [2.24, 2.45) is 0 Å². The zero-order valence-electron chi connectivity index (χ0n) is 42.1. The maximum Gasteiger partial charge on any atom is 0.143 e. The Labute approximate surface area is 446 Å². The number of rotatable bonds is 4. The Bertz CT molecular complexity index is 5230. The molecule has 2 heterocycles. The molecule has 0 atom stereocenters. The highest BCUT2D eigenvalue weighted by atomic mass is 16.3. The zero-order valence-corrected chi connectivity index (χ0v) is 42.1.